The first-order valence-electron chi connectivity index (χ1n) is 10.7. The Labute approximate surface area is 202 Å². The molecule has 6 rings (SSSR count). The highest BCUT2D eigenvalue weighted by Gasteiger charge is 2.32. The van der Waals surface area contributed by atoms with Gasteiger partial charge in [0, 0.05) is 10.0 Å². The minimum Gasteiger partial charge on any atom is -0.272 e. The molecule has 0 saturated carbocycles. The summed E-state index contributed by atoms with van der Waals surface area (Å²) in [6, 6.07) is 22.4. The molecule has 162 valence electrons. The molecule has 1 atom stereocenters. The average molecular weight is 517 g/mol. The number of benzene rings is 3. The topological polar surface area (TPSA) is 34.4 Å². The largest absolute Gasteiger partial charge is 0.272 e. The predicted molar refractivity (Wildman–Crippen MR) is 133 cm³/mol. The van der Waals surface area contributed by atoms with Crippen LogP contribution in [0.4, 0.5) is 4.39 Å². The second-order valence-electron chi connectivity index (χ2n) is 8.22. The van der Waals surface area contributed by atoms with Crippen molar-refractivity contribution in [3.63, 3.8) is 0 Å². The fraction of sp³-hybridized carbons (Fsp3) is 0.111. The van der Waals surface area contributed by atoms with Gasteiger partial charge in [-0.2, -0.15) is 0 Å². The van der Waals surface area contributed by atoms with Gasteiger partial charge in [-0.15, -0.1) is 0 Å². The van der Waals surface area contributed by atoms with Gasteiger partial charge in [-0.1, -0.05) is 75.8 Å². The molecule has 2 aliphatic rings. The van der Waals surface area contributed by atoms with Gasteiger partial charge in [0.05, 0.1) is 16.3 Å². The van der Waals surface area contributed by atoms with Crippen molar-refractivity contribution in [2.24, 2.45) is 4.99 Å². The van der Waals surface area contributed by atoms with Crippen molar-refractivity contribution in [1.82, 2.24) is 4.57 Å². The third-order valence-corrected chi connectivity index (χ3v) is 7.74. The Bertz CT molecular complexity index is 1600. The maximum absolute atomic E-state index is 13.7. The first kappa shape index (κ1) is 20.5. The molecule has 0 fully saturated rings. The number of hydrogen-bond acceptors (Lipinski definition) is 3. The second-order valence-corrected chi connectivity index (χ2v) is 10.1. The van der Waals surface area contributed by atoms with E-state index in [-0.39, 0.29) is 17.4 Å². The highest BCUT2D eigenvalue weighted by Crippen LogP contribution is 2.41. The Kier molecular flexibility index (Phi) is 5.00. The molecule has 1 aliphatic carbocycles. The van der Waals surface area contributed by atoms with E-state index >= 15 is 0 Å². The molecule has 33 heavy (non-hydrogen) atoms. The lowest BCUT2D eigenvalue weighted by Crippen LogP contribution is -2.38. The lowest BCUT2D eigenvalue weighted by atomic mass is 9.83. The summed E-state index contributed by atoms with van der Waals surface area (Å²) in [7, 11) is 0. The molecular weight excluding hydrogens is 499 g/mol. The molecule has 0 bridgehead atoms. The minimum atomic E-state index is -0.294. The molecule has 3 nitrogen and oxygen atoms in total. The van der Waals surface area contributed by atoms with Crippen LogP contribution >= 0.6 is 27.3 Å². The SMILES string of the molecule is O=c1c(=Cc2ccc(Br)cc2)sc2n1C(c1ccc(F)cc1)C1=C(N=2)c2ccccc2CC1. The maximum Gasteiger partial charge on any atom is 0.271 e. The number of thiazole rings is 1. The van der Waals surface area contributed by atoms with Gasteiger partial charge in [0.1, 0.15) is 5.82 Å². The number of rotatable bonds is 2. The molecule has 0 N–H and O–H groups in total. The molecule has 3 aromatic carbocycles. The maximum atomic E-state index is 13.7. The van der Waals surface area contributed by atoms with Gasteiger partial charge in [-0.05, 0) is 65.4 Å². The molecule has 1 aromatic heterocycles. The predicted octanol–water partition coefficient (Wildman–Crippen LogP) is 5.22. The van der Waals surface area contributed by atoms with Crippen molar-refractivity contribution in [3.05, 3.63) is 131 Å². The first-order chi connectivity index (χ1) is 16.1. The molecule has 2 heterocycles. The van der Waals surface area contributed by atoms with E-state index in [0.717, 1.165) is 45.3 Å². The third-order valence-electron chi connectivity index (χ3n) is 6.23. The number of aromatic nitrogens is 1. The van der Waals surface area contributed by atoms with Crippen LogP contribution in [0.3, 0.4) is 0 Å². The summed E-state index contributed by atoms with van der Waals surface area (Å²) < 4.78 is 17.1. The molecule has 1 unspecified atom stereocenters. The second kappa shape index (κ2) is 8.04. The number of halogens is 2. The average Bonchev–Trinajstić information content (AvgIpc) is 3.14. The van der Waals surface area contributed by atoms with E-state index in [1.54, 1.807) is 16.7 Å². The summed E-state index contributed by atoms with van der Waals surface area (Å²) in [6.45, 7) is 0. The van der Waals surface area contributed by atoms with Crippen LogP contribution < -0.4 is 14.9 Å². The van der Waals surface area contributed by atoms with E-state index in [1.807, 2.05) is 36.4 Å². The standard InChI is InChI=1S/C27H18BrFN2OS/c28-19-10-5-16(6-11-19)15-23-26(32)31-25(18-7-12-20(29)13-8-18)22-14-9-17-3-1-2-4-21(17)24(22)30-27(31)33-23/h1-8,10-13,15,25H,9,14H2. The Morgan fingerprint density at radius 3 is 2.55 bits per heavy atom. The van der Waals surface area contributed by atoms with Gasteiger partial charge in [0.25, 0.3) is 5.56 Å². The van der Waals surface area contributed by atoms with Crippen molar-refractivity contribution < 1.29 is 4.39 Å². The zero-order valence-electron chi connectivity index (χ0n) is 17.5. The van der Waals surface area contributed by atoms with E-state index in [0.29, 0.717) is 9.33 Å². The van der Waals surface area contributed by atoms with Crippen LogP contribution in [-0.2, 0) is 6.42 Å². The summed E-state index contributed by atoms with van der Waals surface area (Å²) in [6.07, 6.45) is 3.62. The Balaban J connectivity index is 1.62. The summed E-state index contributed by atoms with van der Waals surface area (Å²) in [4.78, 5) is 19.3. The van der Waals surface area contributed by atoms with Crippen molar-refractivity contribution >= 4 is 39.0 Å². The van der Waals surface area contributed by atoms with Crippen molar-refractivity contribution in [3.8, 4) is 0 Å². The lowest BCUT2D eigenvalue weighted by molar-refractivity contribution is 0.581. The molecule has 0 amide bonds. The quantitative estimate of drug-likeness (QED) is 0.359. The fourth-order valence-electron chi connectivity index (χ4n) is 4.68. The zero-order chi connectivity index (χ0) is 22.5. The molecule has 0 radical (unpaired) electrons. The molecule has 6 heteroatoms. The fourth-order valence-corrected chi connectivity index (χ4v) is 5.94. The van der Waals surface area contributed by atoms with Crippen LogP contribution in [0.1, 0.15) is 34.7 Å². The van der Waals surface area contributed by atoms with Crippen molar-refractivity contribution in [2.75, 3.05) is 0 Å². The van der Waals surface area contributed by atoms with E-state index in [9.17, 15) is 9.18 Å². The zero-order valence-corrected chi connectivity index (χ0v) is 19.9. The van der Waals surface area contributed by atoms with Gasteiger partial charge in [0.2, 0.25) is 0 Å². The van der Waals surface area contributed by atoms with Gasteiger partial charge in [-0.25, -0.2) is 9.38 Å². The van der Waals surface area contributed by atoms with Gasteiger partial charge in [-0.3, -0.25) is 9.36 Å². The summed E-state index contributed by atoms with van der Waals surface area (Å²) in [5.41, 5.74) is 6.24. The number of nitrogens with zero attached hydrogens (tertiary/aromatic N) is 2. The van der Waals surface area contributed by atoms with E-state index < -0.39 is 0 Å². The van der Waals surface area contributed by atoms with Crippen LogP contribution in [0.2, 0.25) is 0 Å². The molecular formula is C27H18BrFN2OS. The van der Waals surface area contributed by atoms with Gasteiger partial charge in [0.15, 0.2) is 4.80 Å². The van der Waals surface area contributed by atoms with Crippen LogP contribution in [-0.4, -0.2) is 4.57 Å². The number of aryl methyl sites for hydroxylation is 1. The monoisotopic (exact) mass is 516 g/mol. The van der Waals surface area contributed by atoms with E-state index in [4.69, 9.17) is 4.99 Å². The highest BCUT2D eigenvalue weighted by atomic mass is 79.9. The van der Waals surface area contributed by atoms with E-state index in [2.05, 4.69) is 34.1 Å². The molecule has 0 saturated heterocycles. The number of hydrogen-bond donors (Lipinski definition) is 0. The minimum absolute atomic E-state index is 0.0681. The number of fused-ring (bicyclic) bond motifs is 3. The van der Waals surface area contributed by atoms with Crippen molar-refractivity contribution in [2.45, 2.75) is 18.9 Å². The smallest absolute Gasteiger partial charge is 0.271 e. The first-order valence-corrected chi connectivity index (χ1v) is 12.3. The van der Waals surface area contributed by atoms with Crippen LogP contribution in [0, 0.1) is 5.82 Å². The summed E-state index contributed by atoms with van der Waals surface area (Å²) in [5.74, 6) is -0.287. The third kappa shape index (κ3) is 3.54. The molecule has 4 aromatic rings. The van der Waals surface area contributed by atoms with Crippen LogP contribution in [0.25, 0.3) is 11.8 Å². The van der Waals surface area contributed by atoms with Crippen LogP contribution in [0.5, 0.6) is 0 Å². The molecule has 1 aliphatic heterocycles. The summed E-state index contributed by atoms with van der Waals surface area (Å²) >= 11 is 4.86. The summed E-state index contributed by atoms with van der Waals surface area (Å²) in [5, 5.41) is 0. The van der Waals surface area contributed by atoms with Crippen LogP contribution in [0.15, 0.2) is 92.6 Å². The Morgan fingerprint density at radius 1 is 1.00 bits per heavy atom. The number of allylic oxidation sites excluding steroid dienone is 1. The van der Waals surface area contributed by atoms with Gasteiger partial charge < -0.3 is 0 Å². The van der Waals surface area contributed by atoms with Crippen molar-refractivity contribution in [1.29, 1.82) is 0 Å². The Morgan fingerprint density at radius 2 is 1.76 bits per heavy atom. The van der Waals surface area contributed by atoms with Gasteiger partial charge >= 0.3 is 0 Å². The normalized spacial score (nSPS) is 17.3. The van der Waals surface area contributed by atoms with E-state index in [1.165, 1.54) is 29.0 Å². The highest BCUT2D eigenvalue weighted by molar-refractivity contribution is 9.10. The lowest BCUT2D eigenvalue weighted by Gasteiger charge is -2.30. The Hall–Kier alpha value is -3.09. The molecule has 0 spiro atoms.